The van der Waals surface area contributed by atoms with Gasteiger partial charge in [0.2, 0.25) is 0 Å². The van der Waals surface area contributed by atoms with Gasteiger partial charge in [-0.3, -0.25) is 0 Å². The maximum absolute atomic E-state index is 9.74. The Bertz CT molecular complexity index is 405. The van der Waals surface area contributed by atoms with Crippen molar-refractivity contribution in [2.24, 2.45) is 11.8 Å². The van der Waals surface area contributed by atoms with Crippen molar-refractivity contribution in [2.75, 3.05) is 0 Å². The van der Waals surface area contributed by atoms with E-state index in [0.29, 0.717) is 18.5 Å². The van der Waals surface area contributed by atoms with E-state index in [1.54, 1.807) is 12.1 Å². The SMILES string of the molecule is CC1CCCC(NCc2ccc(O)cc2O)C1C. The van der Waals surface area contributed by atoms with Crippen molar-refractivity contribution in [3.8, 4) is 11.5 Å². The Kier molecular flexibility index (Phi) is 4.12. The molecule has 18 heavy (non-hydrogen) atoms. The molecule has 0 heterocycles. The maximum atomic E-state index is 9.74. The molecule has 1 fully saturated rings. The Morgan fingerprint density at radius 3 is 2.72 bits per heavy atom. The van der Waals surface area contributed by atoms with E-state index in [0.717, 1.165) is 11.5 Å². The Hall–Kier alpha value is -1.22. The first-order chi connectivity index (χ1) is 8.58. The van der Waals surface area contributed by atoms with Crippen LogP contribution in [-0.2, 0) is 6.54 Å². The number of aromatic hydroxyl groups is 2. The third-order valence-electron chi connectivity index (χ3n) is 4.33. The van der Waals surface area contributed by atoms with Crippen LogP contribution in [0, 0.1) is 11.8 Å². The molecule has 0 amide bonds. The first-order valence-corrected chi connectivity index (χ1v) is 6.82. The lowest BCUT2D eigenvalue weighted by Crippen LogP contribution is -2.40. The van der Waals surface area contributed by atoms with E-state index >= 15 is 0 Å². The quantitative estimate of drug-likeness (QED) is 0.772. The first-order valence-electron chi connectivity index (χ1n) is 6.82. The van der Waals surface area contributed by atoms with Crippen LogP contribution in [0.25, 0.3) is 0 Å². The van der Waals surface area contributed by atoms with Crippen LogP contribution in [0.15, 0.2) is 18.2 Å². The van der Waals surface area contributed by atoms with E-state index in [1.807, 2.05) is 0 Å². The molecule has 1 aromatic rings. The predicted molar refractivity (Wildman–Crippen MR) is 72.6 cm³/mol. The van der Waals surface area contributed by atoms with Gasteiger partial charge >= 0.3 is 0 Å². The highest BCUT2D eigenvalue weighted by Gasteiger charge is 2.26. The zero-order chi connectivity index (χ0) is 13.1. The van der Waals surface area contributed by atoms with Gasteiger partial charge in [-0.2, -0.15) is 0 Å². The predicted octanol–water partition coefficient (Wildman–Crippen LogP) is 3.01. The normalized spacial score (nSPS) is 28.2. The molecule has 0 saturated heterocycles. The molecular formula is C15H23NO2. The lowest BCUT2D eigenvalue weighted by Gasteiger charge is -2.34. The molecular weight excluding hydrogens is 226 g/mol. The fourth-order valence-electron chi connectivity index (χ4n) is 2.81. The van der Waals surface area contributed by atoms with Gasteiger partial charge in [0, 0.05) is 24.2 Å². The first kappa shape index (κ1) is 13.2. The molecule has 3 atom stereocenters. The number of hydrogen-bond donors (Lipinski definition) is 3. The van der Waals surface area contributed by atoms with E-state index in [-0.39, 0.29) is 11.5 Å². The molecule has 0 spiro atoms. The van der Waals surface area contributed by atoms with Crippen molar-refractivity contribution >= 4 is 0 Å². The molecule has 3 unspecified atom stereocenters. The fraction of sp³-hybridized carbons (Fsp3) is 0.600. The Balaban J connectivity index is 1.94. The van der Waals surface area contributed by atoms with Crippen molar-refractivity contribution in [1.82, 2.24) is 5.32 Å². The van der Waals surface area contributed by atoms with E-state index in [2.05, 4.69) is 19.2 Å². The second-order valence-electron chi connectivity index (χ2n) is 5.57. The summed E-state index contributed by atoms with van der Waals surface area (Å²) < 4.78 is 0. The molecule has 3 nitrogen and oxygen atoms in total. The van der Waals surface area contributed by atoms with E-state index < -0.39 is 0 Å². The minimum atomic E-state index is 0.107. The molecule has 0 aromatic heterocycles. The smallest absolute Gasteiger partial charge is 0.123 e. The third-order valence-corrected chi connectivity index (χ3v) is 4.33. The van der Waals surface area contributed by atoms with E-state index in [1.165, 1.54) is 25.3 Å². The number of phenolic OH excluding ortho intramolecular Hbond substituents is 2. The van der Waals surface area contributed by atoms with Gasteiger partial charge in [0.25, 0.3) is 0 Å². The van der Waals surface area contributed by atoms with Gasteiger partial charge in [-0.15, -0.1) is 0 Å². The van der Waals surface area contributed by atoms with Crippen LogP contribution in [-0.4, -0.2) is 16.3 Å². The van der Waals surface area contributed by atoms with Crippen LogP contribution in [0.2, 0.25) is 0 Å². The number of rotatable bonds is 3. The second kappa shape index (κ2) is 5.61. The zero-order valence-electron chi connectivity index (χ0n) is 11.2. The molecule has 1 aliphatic rings. The van der Waals surface area contributed by atoms with E-state index in [9.17, 15) is 10.2 Å². The van der Waals surface area contributed by atoms with Crippen LogP contribution >= 0.6 is 0 Å². The van der Waals surface area contributed by atoms with Gasteiger partial charge in [0.05, 0.1) is 0 Å². The van der Waals surface area contributed by atoms with Crippen LogP contribution in [0.5, 0.6) is 11.5 Å². The largest absolute Gasteiger partial charge is 0.508 e. The monoisotopic (exact) mass is 249 g/mol. The molecule has 1 saturated carbocycles. The van der Waals surface area contributed by atoms with Crippen LogP contribution in [0.1, 0.15) is 38.7 Å². The van der Waals surface area contributed by atoms with Crippen LogP contribution < -0.4 is 5.32 Å². The highest BCUT2D eigenvalue weighted by atomic mass is 16.3. The average molecular weight is 249 g/mol. The second-order valence-corrected chi connectivity index (χ2v) is 5.57. The summed E-state index contributed by atoms with van der Waals surface area (Å²) in [4.78, 5) is 0. The van der Waals surface area contributed by atoms with Gasteiger partial charge in [-0.25, -0.2) is 0 Å². The molecule has 3 N–H and O–H groups in total. The number of benzene rings is 1. The number of nitrogens with one attached hydrogen (secondary N) is 1. The average Bonchev–Trinajstić information content (AvgIpc) is 2.33. The van der Waals surface area contributed by atoms with Crippen LogP contribution in [0.4, 0.5) is 0 Å². The highest BCUT2D eigenvalue weighted by Crippen LogP contribution is 2.30. The Morgan fingerprint density at radius 2 is 2.00 bits per heavy atom. The van der Waals surface area contributed by atoms with Gasteiger partial charge in [0.15, 0.2) is 0 Å². The van der Waals surface area contributed by atoms with Gasteiger partial charge < -0.3 is 15.5 Å². The fourth-order valence-corrected chi connectivity index (χ4v) is 2.81. The van der Waals surface area contributed by atoms with Crippen LogP contribution in [0.3, 0.4) is 0 Å². The summed E-state index contributed by atoms with van der Waals surface area (Å²) in [5.41, 5.74) is 0.846. The van der Waals surface area contributed by atoms with E-state index in [4.69, 9.17) is 0 Å². The van der Waals surface area contributed by atoms with Gasteiger partial charge in [-0.1, -0.05) is 32.8 Å². The maximum Gasteiger partial charge on any atom is 0.123 e. The Labute approximate surface area is 109 Å². The summed E-state index contributed by atoms with van der Waals surface area (Å²) in [6.07, 6.45) is 3.82. The highest BCUT2D eigenvalue weighted by molar-refractivity contribution is 5.38. The minimum Gasteiger partial charge on any atom is -0.508 e. The summed E-state index contributed by atoms with van der Waals surface area (Å²) in [5.74, 6) is 1.72. The van der Waals surface area contributed by atoms with Crippen molar-refractivity contribution < 1.29 is 10.2 Å². The van der Waals surface area contributed by atoms with Gasteiger partial charge in [-0.05, 0) is 24.3 Å². The standard InChI is InChI=1S/C15H23NO2/c1-10-4-3-5-14(11(10)2)16-9-12-6-7-13(17)8-15(12)18/h6-8,10-11,14,16-18H,3-5,9H2,1-2H3. The summed E-state index contributed by atoms with van der Waals surface area (Å²) in [6, 6.07) is 5.31. The van der Waals surface area contributed by atoms with Crippen molar-refractivity contribution in [1.29, 1.82) is 0 Å². The molecule has 1 aromatic carbocycles. The Morgan fingerprint density at radius 1 is 1.22 bits per heavy atom. The molecule has 2 rings (SSSR count). The summed E-state index contributed by atoms with van der Waals surface area (Å²) in [6.45, 7) is 5.28. The zero-order valence-corrected chi connectivity index (χ0v) is 11.2. The molecule has 0 bridgehead atoms. The lowest BCUT2D eigenvalue weighted by atomic mass is 9.78. The molecule has 100 valence electrons. The van der Waals surface area contributed by atoms with Crippen molar-refractivity contribution in [3.63, 3.8) is 0 Å². The lowest BCUT2D eigenvalue weighted by molar-refractivity contribution is 0.205. The van der Waals surface area contributed by atoms with Crippen molar-refractivity contribution in [2.45, 2.75) is 45.7 Å². The third kappa shape index (κ3) is 2.96. The molecule has 1 aliphatic carbocycles. The molecule has 0 radical (unpaired) electrons. The summed E-state index contributed by atoms with van der Waals surface area (Å²) in [5, 5.41) is 22.5. The number of hydrogen-bond acceptors (Lipinski definition) is 3. The summed E-state index contributed by atoms with van der Waals surface area (Å²) >= 11 is 0. The molecule has 3 heteroatoms. The summed E-state index contributed by atoms with van der Waals surface area (Å²) in [7, 11) is 0. The van der Waals surface area contributed by atoms with Crippen molar-refractivity contribution in [3.05, 3.63) is 23.8 Å². The minimum absolute atomic E-state index is 0.107. The van der Waals surface area contributed by atoms with Gasteiger partial charge in [0.1, 0.15) is 11.5 Å². The topological polar surface area (TPSA) is 52.5 Å². The molecule has 0 aliphatic heterocycles. The number of phenols is 2.